The number of aromatic nitrogens is 2. The summed E-state index contributed by atoms with van der Waals surface area (Å²) in [6, 6.07) is 7.04. The molecular weight excluding hydrogens is 230 g/mol. The summed E-state index contributed by atoms with van der Waals surface area (Å²) in [4.78, 5) is 0. The van der Waals surface area contributed by atoms with Crippen molar-refractivity contribution in [2.24, 2.45) is 5.73 Å². The van der Waals surface area contributed by atoms with Crippen LogP contribution in [0.1, 0.15) is 11.1 Å². The van der Waals surface area contributed by atoms with Gasteiger partial charge in [0.25, 0.3) is 0 Å². The summed E-state index contributed by atoms with van der Waals surface area (Å²) in [7, 11) is 1.63. The molecule has 1 aromatic carbocycles. The van der Waals surface area contributed by atoms with Gasteiger partial charge in [0.15, 0.2) is 0 Å². The molecule has 96 valence electrons. The first-order valence-corrected chi connectivity index (χ1v) is 5.81. The van der Waals surface area contributed by atoms with E-state index in [-0.39, 0.29) is 5.75 Å². The van der Waals surface area contributed by atoms with E-state index in [1.165, 1.54) is 0 Å². The van der Waals surface area contributed by atoms with Crippen LogP contribution < -0.4 is 10.5 Å². The topological polar surface area (TPSA) is 73.3 Å². The molecule has 2 aromatic rings. The molecule has 0 aliphatic heterocycles. The van der Waals surface area contributed by atoms with Crippen molar-refractivity contribution in [3.63, 3.8) is 0 Å². The molecule has 0 aliphatic carbocycles. The highest BCUT2D eigenvalue weighted by molar-refractivity contribution is 5.29. The van der Waals surface area contributed by atoms with Gasteiger partial charge in [-0.05, 0) is 30.7 Å². The van der Waals surface area contributed by atoms with Gasteiger partial charge in [-0.3, -0.25) is 0 Å². The first-order chi connectivity index (χ1) is 8.74. The summed E-state index contributed by atoms with van der Waals surface area (Å²) < 4.78 is 7.15. The van der Waals surface area contributed by atoms with Crippen LogP contribution in [0.25, 0.3) is 0 Å². The number of ether oxygens (including phenoxy) is 1. The van der Waals surface area contributed by atoms with Crippen molar-refractivity contribution in [1.29, 1.82) is 0 Å². The molecule has 0 amide bonds. The highest BCUT2D eigenvalue weighted by Gasteiger charge is 2.10. The smallest absolute Gasteiger partial charge is 0.215 e. The van der Waals surface area contributed by atoms with Crippen LogP contribution in [-0.4, -0.2) is 28.5 Å². The number of rotatable bonds is 5. The predicted molar refractivity (Wildman–Crippen MR) is 68.7 cm³/mol. The lowest BCUT2D eigenvalue weighted by atomic mass is 10.2. The van der Waals surface area contributed by atoms with Crippen molar-refractivity contribution in [1.82, 2.24) is 9.78 Å². The predicted octanol–water partition coefficient (Wildman–Crippen LogP) is 1.15. The Morgan fingerprint density at radius 3 is 2.67 bits per heavy atom. The van der Waals surface area contributed by atoms with E-state index < -0.39 is 0 Å². The summed E-state index contributed by atoms with van der Waals surface area (Å²) >= 11 is 0. The fraction of sp³-hybridized carbons (Fsp3) is 0.308. The number of phenols is 1. The van der Waals surface area contributed by atoms with Crippen LogP contribution in [0.3, 0.4) is 0 Å². The van der Waals surface area contributed by atoms with Crippen LogP contribution >= 0.6 is 0 Å². The van der Waals surface area contributed by atoms with E-state index in [1.54, 1.807) is 30.1 Å². The number of benzene rings is 1. The third-order valence-corrected chi connectivity index (χ3v) is 2.74. The molecule has 2 rings (SSSR count). The van der Waals surface area contributed by atoms with Crippen molar-refractivity contribution in [3.05, 3.63) is 41.6 Å². The summed E-state index contributed by atoms with van der Waals surface area (Å²) in [5.41, 5.74) is 7.60. The average molecular weight is 247 g/mol. The monoisotopic (exact) mass is 247 g/mol. The van der Waals surface area contributed by atoms with Crippen LogP contribution in [0.15, 0.2) is 30.5 Å². The zero-order valence-electron chi connectivity index (χ0n) is 10.3. The lowest BCUT2D eigenvalue weighted by Crippen LogP contribution is -2.06. The van der Waals surface area contributed by atoms with Gasteiger partial charge < -0.3 is 15.6 Å². The number of nitrogens with zero attached hydrogens (tertiary/aromatic N) is 2. The molecule has 0 fully saturated rings. The SMILES string of the molecule is COc1c(CCN)cnn1Cc1ccc(O)cc1. The van der Waals surface area contributed by atoms with Crippen molar-refractivity contribution in [2.75, 3.05) is 13.7 Å². The second-order valence-corrected chi connectivity index (χ2v) is 4.04. The number of methoxy groups -OCH3 is 1. The summed E-state index contributed by atoms with van der Waals surface area (Å²) in [6.45, 7) is 1.18. The summed E-state index contributed by atoms with van der Waals surface area (Å²) in [5, 5.41) is 13.5. The molecule has 1 aromatic heterocycles. The molecule has 3 N–H and O–H groups in total. The minimum absolute atomic E-state index is 0.259. The van der Waals surface area contributed by atoms with Crippen LogP contribution in [-0.2, 0) is 13.0 Å². The van der Waals surface area contributed by atoms with Gasteiger partial charge in [0.2, 0.25) is 5.88 Å². The van der Waals surface area contributed by atoms with E-state index in [4.69, 9.17) is 10.5 Å². The molecule has 0 radical (unpaired) electrons. The number of nitrogens with two attached hydrogens (primary N) is 1. The second kappa shape index (κ2) is 5.55. The summed E-state index contributed by atoms with van der Waals surface area (Å²) in [6.07, 6.45) is 2.53. The molecule has 1 heterocycles. The van der Waals surface area contributed by atoms with Gasteiger partial charge >= 0.3 is 0 Å². The van der Waals surface area contributed by atoms with Crippen molar-refractivity contribution < 1.29 is 9.84 Å². The van der Waals surface area contributed by atoms with E-state index in [2.05, 4.69) is 5.10 Å². The third-order valence-electron chi connectivity index (χ3n) is 2.74. The Balaban J connectivity index is 2.20. The fourth-order valence-electron chi connectivity index (χ4n) is 1.86. The molecule has 5 heteroatoms. The molecule has 0 spiro atoms. The molecule has 5 nitrogen and oxygen atoms in total. The van der Waals surface area contributed by atoms with Crippen molar-refractivity contribution in [2.45, 2.75) is 13.0 Å². The molecule has 0 aliphatic rings. The van der Waals surface area contributed by atoms with Gasteiger partial charge in [-0.15, -0.1) is 0 Å². The number of hydrogen-bond donors (Lipinski definition) is 2. The van der Waals surface area contributed by atoms with Gasteiger partial charge in [-0.2, -0.15) is 5.10 Å². The van der Waals surface area contributed by atoms with Crippen LogP contribution in [0.4, 0.5) is 0 Å². The number of hydrogen-bond acceptors (Lipinski definition) is 4. The molecular formula is C13H17N3O2. The van der Waals surface area contributed by atoms with Crippen LogP contribution in [0.5, 0.6) is 11.6 Å². The first kappa shape index (κ1) is 12.4. The van der Waals surface area contributed by atoms with Gasteiger partial charge in [0.05, 0.1) is 19.9 Å². The van der Waals surface area contributed by atoms with E-state index in [9.17, 15) is 5.11 Å². The second-order valence-electron chi connectivity index (χ2n) is 4.04. The molecule has 0 saturated heterocycles. The maximum Gasteiger partial charge on any atom is 0.215 e. The fourth-order valence-corrected chi connectivity index (χ4v) is 1.86. The lowest BCUT2D eigenvalue weighted by molar-refractivity contribution is 0.363. The van der Waals surface area contributed by atoms with E-state index >= 15 is 0 Å². The average Bonchev–Trinajstić information content (AvgIpc) is 2.75. The number of aromatic hydroxyl groups is 1. The molecule has 0 atom stereocenters. The van der Waals surface area contributed by atoms with Gasteiger partial charge in [-0.1, -0.05) is 12.1 Å². The van der Waals surface area contributed by atoms with Crippen LogP contribution in [0.2, 0.25) is 0 Å². The zero-order chi connectivity index (χ0) is 13.0. The Kier molecular flexibility index (Phi) is 3.84. The maximum absolute atomic E-state index is 9.24. The van der Waals surface area contributed by atoms with Gasteiger partial charge in [-0.25, -0.2) is 4.68 Å². The molecule has 0 saturated carbocycles. The maximum atomic E-state index is 9.24. The number of phenolic OH excluding ortho intramolecular Hbond substituents is 1. The minimum Gasteiger partial charge on any atom is -0.508 e. The largest absolute Gasteiger partial charge is 0.508 e. The third kappa shape index (κ3) is 2.62. The van der Waals surface area contributed by atoms with Gasteiger partial charge in [0.1, 0.15) is 5.75 Å². The van der Waals surface area contributed by atoms with Crippen LogP contribution in [0, 0.1) is 0 Å². The van der Waals surface area contributed by atoms with E-state index in [0.29, 0.717) is 13.1 Å². The summed E-state index contributed by atoms with van der Waals surface area (Å²) in [5.74, 6) is 1.00. The molecule has 0 unspecified atom stereocenters. The Hall–Kier alpha value is -2.01. The lowest BCUT2D eigenvalue weighted by Gasteiger charge is -2.08. The standard InChI is InChI=1S/C13H17N3O2/c1-18-13-11(6-7-14)8-15-16(13)9-10-2-4-12(17)5-3-10/h2-5,8,17H,6-7,9,14H2,1H3. The highest BCUT2D eigenvalue weighted by Crippen LogP contribution is 2.20. The van der Waals surface area contributed by atoms with Crippen molar-refractivity contribution >= 4 is 0 Å². The van der Waals surface area contributed by atoms with Crippen molar-refractivity contribution in [3.8, 4) is 11.6 Å². The molecule has 0 bridgehead atoms. The first-order valence-electron chi connectivity index (χ1n) is 5.81. The Morgan fingerprint density at radius 1 is 1.33 bits per heavy atom. The zero-order valence-corrected chi connectivity index (χ0v) is 10.3. The van der Waals surface area contributed by atoms with Gasteiger partial charge in [0, 0.05) is 5.56 Å². The Bertz CT molecular complexity index is 505. The van der Waals surface area contributed by atoms with E-state index in [1.807, 2.05) is 12.1 Å². The normalized spacial score (nSPS) is 10.6. The Labute approximate surface area is 106 Å². The highest BCUT2D eigenvalue weighted by atomic mass is 16.5. The Morgan fingerprint density at radius 2 is 2.06 bits per heavy atom. The molecule has 18 heavy (non-hydrogen) atoms. The van der Waals surface area contributed by atoms with E-state index in [0.717, 1.165) is 23.4 Å². The minimum atomic E-state index is 0.259. The quantitative estimate of drug-likeness (QED) is 0.831.